The molecule has 5 nitrogen and oxygen atoms in total. The number of fused-ring (bicyclic) bond motifs is 1. The molecule has 0 atom stereocenters. The van der Waals surface area contributed by atoms with Crippen molar-refractivity contribution in [3.05, 3.63) is 64.8 Å². The Morgan fingerprint density at radius 2 is 1.58 bits per heavy atom. The van der Waals surface area contributed by atoms with Gasteiger partial charge in [0.05, 0.1) is 15.3 Å². The van der Waals surface area contributed by atoms with Gasteiger partial charge in [0, 0.05) is 30.9 Å². The predicted octanol–water partition coefficient (Wildman–Crippen LogP) is 4.21. The summed E-state index contributed by atoms with van der Waals surface area (Å²) in [5.41, 5.74) is -0.926. The first kappa shape index (κ1) is 21.7. The summed E-state index contributed by atoms with van der Waals surface area (Å²) < 4.78 is 78.9. The van der Waals surface area contributed by atoms with E-state index in [1.54, 1.807) is 12.1 Å². The normalized spacial score (nSPS) is 16.1. The number of rotatable bonds is 3. The monoisotopic (exact) mass is 472 g/mol. The topological polar surface area (TPSA) is 57.7 Å². The Morgan fingerprint density at radius 3 is 2.19 bits per heavy atom. The number of piperazine rings is 1. The third-order valence-corrected chi connectivity index (χ3v) is 8.05. The van der Waals surface area contributed by atoms with Crippen LogP contribution >= 0.6 is 11.3 Å². The van der Waals surface area contributed by atoms with Gasteiger partial charge >= 0.3 is 6.18 Å². The standard InChI is InChI=1S/C20H16F4N2O3S2/c21-15-3-6-17-13(11-15)12-18(30-17)19(27)25-7-9-26(10-8-25)31(28,29)16-4-1-14(2-5-16)20(22,23)24/h1-6,11-12H,7-10H2. The molecule has 2 heterocycles. The fraction of sp³-hybridized carbons (Fsp3) is 0.250. The van der Waals surface area contributed by atoms with Crippen LogP contribution in [-0.2, 0) is 16.2 Å². The number of hydrogen-bond acceptors (Lipinski definition) is 4. The molecule has 2 aromatic carbocycles. The van der Waals surface area contributed by atoms with Gasteiger partial charge in [0.25, 0.3) is 5.91 Å². The Kier molecular flexibility index (Phi) is 5.52. The smallest absolute Gasteiger partial charge is 0.335 e. The Balaban J connectivity index is 1.45. The van der Waals surface area contributed by atoms with E-state index in [-0.39, 0.29) is 37.0 Å². The van der Waals surface area contributed by atoms with Crippen LogP contribution < -0.4 is 0 Å². The van der Waals surface area contributed by atoms with Crippen molar-refractivity contribution >= 4 is 37.4 Å². The maximum Gasteiger partial charge on any atom is 0.416 e. The average molecular weight is 472 g/mol. The van der Waals surface area contributed by atoms with E-state index in [2.05, 4.69) is 0 Å². The molecular formula is C20H16F4N2O3S2. The third-order valence-electron chi connectivity index (χ3n) is 5.03. The molecular weight excluding hydrogens is 456 g/mol. The first-order valence-electron chi connectivity index (χ1n) is 9.21. The number of sulfonamides is 1. The van der Waals surface area contributed by atoms with Gasteiger partial charge in [0.15, 0.2) is 0 Å². The molecule has 0 bridgehead atoms. The van der Waals surface area contributed by atoms with Crippen molar-refractivity contribution in [2.24, 2.45) is 0 Å². The van der Waals surface area contributed by atoms with Crippen molar-refractivity contribution in [2.75, 3.05) is 26.2 Å². The first-order chi connectivity index (χ1) is 14.6. The van der Waals surface area contributed by atoms with Gasteiger partial charge in [-0.15, -0.1) is 11.3 Å². The molecule has 1 amide bonds. The van der Waals surface area contributed by atoms with Gasteiger partial charge in [-0.25, -0.2) is 12.8 Å². The number of thiophene rings is 1. The Labute approximate surface area is 179 Å². The van der Waals surface area contributed by atoms with Crippen LogP contribution in [0.2, 0.25) is 0 Å². The minimum Gasteiger partial charge on any atom is -0.335 e. The molecule has 164 valence electrons. The number of carbonyl (C=O) groups excluding carboxylic acids is 1. The maximum absolute atomic E-state index is 13.4. The molecule has 1 aromatic heterocycles. The van der Waals surface area contributed by atoms with Crippen molar-refractivity contribution in [3.8, 4) is 0 Å². The largest absolute Gasteiger partial charge is 0.416 e. The summed E-state index contributed by atoms with van der Waals surface area (Å²) >= 11 is 1.23. The number of alkyl halides is 3. The predicted molar refractivity (Wildman–Crippen MR) is 108 cm³/mol. The van der Waals surface area contributed by atoms with Gasteiger partial charge in [-0.3, -0.25) is 4.79 Å². The summed E-state index contributed by atoms with van der Waals surface area (Å²) in [4.78, 5) is 14.5. The van der Waals surface area contributed by atoms with E-state index in [0.717, 1.165) is 33.3 Å². The number of amides is 1. The van der Waals surface area contributed by atoms with E-state index in [1.165, 1.54) is 28.4 Å². The van der Waals surface area contributed by atoms with E-state index < -0.39 is 27.6 Å². The molecule has 4 rings (SSSR count). The highest BCUT2D eigenvalue weighted by Gasteiger charge is 2.33. The van der Waals surface area contributed by atoms with E-state index in [1.807, 2.05) is 0 Å². The van der Waals surface area contributed by atoms with Gasteiger partial charge in [-0.05, 0) is 53.9 Å². The third kappa shape index (κ3) is 4.30. The summed E-state index contributed by atoms with van der Waals surface area (Å²) in [7, 11) is -3.97. The molecule has 0 aliphatic carbocycles. The highest BCUT2D eigenvalue weighted by Crippen LogP contribution is 2.31. The zero-order chi connectivity index (χ0) is 22.4. The van der Waals surface area contributed by atoms with E-state index in [4.69, 9.17) is 0 Å². The lowest BCUT2D eigenvalue weighted by molar-refractivity contribution is -0.137. The molecule has 1 aliphatic heterocycles. The van der Waals surface area contributed by atoms with Crippen LogP contribution in [0.3, 0.4) is 0 Å². The zero-order valence-corrected chi connectivity index (χ0v) is 17.5. The summed E-state index contributed by atoms with van der Waals surface area (Å²) in [6.07, 6.45) is -4.55. The molecule has 3 aromatic rings. The van der Waals surface area contributed by atoms with Gasteiger partial charge in [-0.1, -0.05) is 0 Å². The molecule has 0 unspecified atom stereocenters. The fourth-order valence-corrected chi connectivity index (χ4v) is 5.81. The summed E-state index contributed by atoms with van der Waals surface area (Å²) in [6.45, 7) is 0.325. The molecule has 11 heteroatoms. The molecule has 0 radical (unpaired) electrons. The van der Waals surface area contributed by atoms with E-state index in [0.29, 0.717) is 10.3 Å². The number of hydrogen-bond donors (Lipinski definition) is 0. The first-order valence-corrected chi connectivity index (χ1v) is 11.5. The van der Waals surface area contributed by atoms with Gasteiger partial charge in [0.2, 0.25) is 10.0 Å². The molecule has 0 spiro atoms. The van der Waals surface area contributed by atoms with Crippen molar-refractivity contribution in [1.29, 1.82) is 0 Å². The number of benzene rings is 2. The lowest BCUT2D eigenvalue weighted by atomic mass is 10.2. The molecule has 1 aliphatic rings. The summed E-state index contributed by atoms with van der Waals surface area (Å²) in [5.74, 6) is -0.667. The highest BCUT2D eigenvalue weighted by molar-refractivity contribution is 7.89. The second-order valence-corrected chi connectivity index (χ2v) is 10.0. The lowest BCUT2D eigenvalue weighted by Gasteiger charge is -2.33. The van der Waals surface area contributed by atoms with E-state index in [9.17, 15) is 30.8 Å². The van der Waals surface area contributed by atoms with Crippen LogP contribution in [0.5, 0.6) is 0 Å². The molecule has 0 N–H and O–H groups in total. The SMILES string of the molecule is O=C(c1cc2cc(F)ccc2s1)N1CCN(S(=O)(=O)c2ccc(C(F)(F)F)cc2)CC1. The Hall–Kier alpha value is -2.50. The average Bonchev–Trinajstić information content (AvgIpc) is 3.16. The Bertz CT molecular complexity index is 1230. The molecule has 31 heavy (non-hydrogen) atoms. The van der Waals surface area contributed by atoms with Crippen LogP contribution in [0.4, 0.5) is 17.6 Å². The maximum atomic E-state index is 13.4. The van der Waals surface area contributed by atoms with Crippen molar-refractivity contribution < 1.29 is 30.8 Å². The van der Waals surface area contributed by atoms with Crippen LogP contribution in [-0.4, -0.2) is 49.7 Å². The Morgan fingerprint density at radius 1 is 0.935 bits per heavy atom. The lowest BCUT2D eigenvalue weighted by Crippen LogP contribution is -2.50. The second kappa shape index (κ2) is 7.88. The van der Waals surface area contributed by atoms with Crippen LogP contribution in [0, 0.1) is 5.82 Å². The van der Waals surface area contributed by atoms with Crippen molar-refractivity contribution in [2.45, 2.75) is 11.1 Å². The summed E-state index contributed by atoms with van der Waals surface area (Å²) in [5, 5.41) is 0.622. The molecule has 1 saturated heterocycles. The number of carbonyl (C=O) groups is 1. The fourth-order valence-electron chi connectivity index (χ4n) is 3.37. The van der Waals surface area contributed by atoms with Crippen LogP contribution in [0.1, 0.15) is 15.2 Å². The number of halogens is 4. The van der Waals surface area contributed by atoms with Crippen LogP contribution in [0.25, 0.3) is 10.1 Å². The summed E-state index contributed by atoms with van der Waals surface area (Å²) in [6, 6.07) is 9.21. The van der Waals surface area contributed by atoms with Crippen molar-refractivity contribution in [3.63, 3.8) is 0 Å². The minimum absolute atomic E-state index is 0.0224. The van der Waals surface area contributed by atoms with Crippen molar-refractivity contribution in [1.82, 2.24) is 9.21 Å². The minimum atomic E-state index is -4.55. The highest BCUT2D eigenvalue weighted by atomic mass is 32.2. The van der Waals surface area contributed by atoms with E-state index >= 15 is 0 Å². The zero-order valence-electron chi connectivity index (χ0n) is 15.9. The quantitative estimate of drug-likeness (QED) is 0.537. The molecule has 1 fully saturated rings. The van der Waals surface area contributed by atoms with Gasteiger partial charge in [0.1, 0.15) is 5.82 Å². The number of nitrogens with zero attached hydrogens (tertiary/aromatic N) is 2. The molecule has 0 saturated carbocycles. The van der Waals surface area contributed by atoms with Gasteiger partial charge in [-0.2, -0.15) is 17.5 Å². The van der Waals surface area contributed by atoms with Crippen LogP contribution in [0.15, 0.2) is 53.4 Å². The van der Waals surface area contributed by atoms with Gasteiger partial charge < -0.3 is 4.90 Å². The second-order valence-electron chi connectivity index (χ2n) is 7.01.